The minimum Gasteiger partial charge on any atom is -0.325 e. The van der Waals surface area contributed by atoms with E-state index in [4.69, 9.17) is 0 Å². The van der Waals surface area contributed by atoms with E-state index in [1.54, 1.807) is 23.9 Å². The Morgan fingerprint density at radius 3 is 2.36 bits per heavy atom. The van der Waals surface area contributed by atoms with Crippen LogP contribution in [0, 0.1) is 0 Å². The third-order valence-corrected chi connectivity index (χ3v) is 4.24. The molecule has 0 bridgehead atoms. The summed E-state index contributed by atoms with van der Waals surface area (Å²) in [4.78, 5) is 26.7. The number of nitrogens with one attached hydrogen (secondary N) is 2. The minimum absolute atomic E-state index is 0.124. The second-order valence-electron chi connectivity index (χ2n) is 5.80. The highest BCUT2D eigenvalue weighted by atomic mass is 32.2. The summed E-state index contributed by atoms with van der Waals surface area (Å²) in [5.74, 6) is -0.297. The van der Waals surface area contributed by atoms with Gasteiger partial charge in [0.05, 0.1) is 17.9 Å². The molecule has 5 nitrogen and oxygen atoms in total. The molecule has 0 unspecified atom stereocenters. The predicted octanol–water partition coefficient (Wildman–Crippen LogP) is 3.44. The molecule has 25 heavy (non-hydrogen) atoms. The first-order valence-corrected chi connectivity index (χ1v) is 9.18. The standard InChI is InChI=1S/C19H23N3O2S/c1-14(23)20-17-9-4-5-10-18(17)21-19(24)13-22(2)12-15-7-6-8-16(11-15)25-3/h4-11H,12-13H2,1-3H3,(H,20,23)(H,21,24). The Bertz CT molecular complexity index is 749. The van der Waals surface area contributed by atoms with E-state index in [0.717, 1.165) is 0 Å². The van der Waals surface area contributed by atoms with Gasteiger partial charge in [-0.1, -0.05) is 24.3 Å². The summed E-state index contributed by atoms with van der Waals surface area (Å²) in [6, 6.07) is 15.4. The van der Waals surface area contributed by atoms with E-state index in [-0.39, 0.29) is 18.4 Å². The summed E-state index contributed by atoms with van der Waals surface area (Å²) in [6.45, 7) is 2.39. The molecular formula is C19H23N3O2S. The number of rotatable bonds is 7. The SMILES string of the molecule is CSc1cccc(CN(C)CC(=O)Nc2ccccc2NC(C)=O)c1. The van der Waals surface area contributed by atoms with Gasteiger partial charge in [-0.15, -0.1) is 11.8 Å². The fourth-order valence-corrected chi connectivity index (χ4v) is 2.95. The largest absolute Gasteiger partial charge is 0.325 e. The first kappa shape index (κ1) is 19.0. The third-order valence-electron chi connectivity index (χ3n) is 3.51. The number of likely N-dealkylation sites (N-methyl/N-ethyl adjacent to an activating group) is 1. The van der Waals surface area contributed by atoms with Crippen molar-refractivity contribution in [1.29, 1.82) is 0 Å². The molecule has 0 aliphatic rings. The van der Waals surface area contributed by atoms with Gasteiger partial charge < -0.3 is 10.6 Å². The number of para-hydroxylation sites is 2. The first-order chi connectivity index (χ1) is 12.0. The van der Waals surface area contributed by atoms with Gasteiger partial charge in [-0.25, -0.2) is 0 Å². The summed E-state index contributed by atoms with van der Waals surface area (Å²) < 4.78 is 0. The van der Waals surface area contributed by atoms with Crippen molar-refractivity contribution in [2.45, 2.75) is 18.4 Å². The van der Waals surface area contributed by atoms with Gasteiger partial charge in [0, 0.05) is 18.4 Å². The molecule has 2 rings (SSSR count). The van der Waals surface area contributed by atoms with Gasteiger partial charge in [0.15, 0.2) is 0 Å². The molecule has 2 amide bonds. The molecule has 132 valence electrons. The van der Waals surface area contributed by atoms with Gasteiger partial charge in [0.1, 0.15) is 0 Å². The Balaban J connectivity index is 1.94. The number of anilines is 2. The van der Waals surface area contributed by atoms with Gasteiger partial charge in [0.2, 0.25) is 11.8 Å². The molecule has 0 heterocycles. The smallest absolute Gasteiger partial charge is 0.238 e. The second-order valence-corrected chi connectivity index (χ2v) is 6.68. The average molecular weight is 357 g/mol. The van der Waals surface area contributed by atoms with Gasteiger partial charge >= 0.3 is 0 Å². The van der Waals surface area contributed by atoms with Crippen LogP contribution in [-0.2, 0) is 16.1 Å². The number of thioether (sulfide) groups is 1. The van der Waals surface area contributed by atoms with Crippen LogP contribution in [0.1, 0.15) is 12.5 Å². The van der Waals surface area contributed by atoms with Crippen LogP contribution in [0.25, 0.3) is 0 Å². The molecule has 0 spiro atoms. The molecule has 2 aromatic carbocycles. The quantitative estimate of drug-likeness (QED) is 0.745. The number of nitrogens with zero attached hydrogens (tertiary/aromatic N) is 1. The Morgan fingerprint density at radius 1 is 1.04 bits per heavy atom. The van der Waals surface area contributed by atoms with Crippen molar-refractivity contribution < 1.29 is 9.59 Å². The number of carbonyl (C=O) groups is 2. The van der Waals surface area contributed by atoms with Crippen LogP contribution in [0.3, 0.4) is 0 Å². The Hall–Kier alpha value is -2.31. The van der Waals surface area contributed by atoms with Crippen molar-refractivity contribution in [3.8, 4) is 0 Å². The summed E-state index contributed by atoms with van der Waals surface area (Å²) in [7, 11) is 1.91. The fourth-order valence-electron chi connectivity index (χ4n) is 2.46. The van der Waals surface area contributed by atoms with Crippen LogP contribution in [0.5, 0.6) is 0 Å². The molecule has 0 saturated carbocycles. The van der Waals surface area contributed by atoms with Crippen molar-refractivity contribution in [3.05, 3.63) is 54.1 Å². The van der Waals surface area contributed by atoms with Crippen molar-refractivity contribution in [3.63, 3.8) is 0 Å². The second kappa shape index (κ2) is 9.25. The molecule has 0 fully saturated rings. The zero-order valence-corrected chi connectivity index (χ0v) is 15.5. The fraction of sp³-hybridized carbons (Fsp3) is 0.263. The topological polar surface area (TPSA) is 61.4 Å². The molecular weight excluding hydrogens is 334 g/mol. The maximum absolute atomic E-state index is 12.3. The normalized spacial score (nSPS) is 10.6. The number of hydrogen-bond acceptors (Lipinski definition) is 4. The summed E-state index contributed by atoms with van der Waals surface area (Å²) in [5.41, 5.74) is 2.36. The van der Waals surface area contributed by atoms with Gasteiger partial charge in [-0.3, -0.25) is 14.5 Å². The van der Waals surface area contributed by atoms with Crippen molar-refractivity contribution >= 4 is 35.0 Å². The highest BCUT2D eigenvalue weighted by Gasteiger charge is 2.10. The highest BCUT2D eigenvalue weighted by molar-refractivity contribution is 7.98. The number of benzene rings is 2. The summed E-state index contributed by atoms with van der Waals surface area (Å²) >= 11 is 1.70. The molecule has 0 atom stereocenters. The lowest BCUT2D eigenvalue weighted by atomic mass is 10.2. The lowest BCUT2D eigenvalue weighted by molar-refractivity contribution is -0.117. The van der Waals surface area contributed by atoms with Crippen molar-refractivity contribution in [2.75, 3.05) is 30.5 Å². The molecule has 0 aliphatic heterocycles. The summed E-state index contributed by atoms with van der Waals surface area (Å²) in [5, 5.41) is 5.57. The molecule has 2 N–H and O–H groups in total. The van der Waals surface area contributed by atoms with Gasteiger partial charge in [0.25, 0.3) is 0 Å². The van der Waals surface area contributed by atoms with Crippen molar-refractivity contribution in [1.82, 2.24) is 4.90 Å². The van der Waals surface area contributed by atoms with Crippen LogP contribution < -0.4 is 10.6 Å². The molecule has 0 saturated heterocycles. The zero-order chi connectivity index (χ0) is 18.2. The van der Waals surface area contributed by atoms with Crippen LogP contribution in [-0.4, -0.2) is 36.6 Å². The maximum Gasteiger partial charge on any atom is 0.238 e. The van der Waals surface area contributed by atoms with Crippen molar-refractivity contribution in [2.24, 2.45) is 0 Å². The van der Waals surface area contributed by atoms with E-state index >= 15 is 0 Å². The highest BCUT2D eigenvalue weighted by Crippen LogP contribution is 2.21. The Labute approximate surface area is 152 Å². The van der Waals surface area contributed by atoms with E-state index in [2.05, 4.69) is 28.8 Å². The number of amides is 2. The summed E-state index contributed by atoms with van der Waals surface area (Å²) in [6.07, 6.45) is 2.04. The Morgan fingerprint density at radius 2 is 1.72 bits per heavy atom. The molecule has 0 aromatic heterocycles. The number of hydrogen-bond donors (Lipinski definition) is 2. The van der Waals surface area contributed by atoms with Crippen LogP contribution in [0.4, 0.5) is 11.4 Å². The first-order valence-electron chi connectivity index (χ1n) is 7.96. The molecule has 0 aliphatic carbocycles. The van der Waals surface area contributed by atoms with E-state index in [1.807, 2.05) is 36.4 Å². The lowest BCUT2D eigenvalue weighted by Gasteiger charge is -2.18. The van der Waals surface area contributed by atoms with Gasteiger partial charge in [-0.05, 0) is 43.1 Å². The predicted molar refractivity (Wildman–Crippen MR) is 104 cm³/mol. The van der Waals surface area contributed by atoms with E-state index < -0.39 is 0 Å². The maximum atomic E-state index is 12.3. The van der Waals surface area contributed by atoms with E-state index in [0.29, 0.717) is 17.9 Å². The van der Waals surface area contributed by atoms with Crippen LogP contribution in [0.2, 0.25) is 0 Å². The molecule has 2 aromatic rings. The van der Waals surface area contributed by atoms with E-state index in [1.165, 1.54) is 17.4 Å². The van der Waals surface area contributed by atoms with Crippen LogP contribution >= 0.6 is 11.8 Å². The molecule has 6 heteroatoms. The molecule has 0 radical (unpaired) electrons. The zero-order valence-electron chi connectivity index (χ0n) is 14.7. The van der Waals surface area contributed by atoms with Gasteiger partial charge in [-0.2, -0.15) is 0 Å². The van der Waals surface area contributed by atoms with Crippen LogP contribution in [0.15, 0.2) is 53.4 Å². The third kappa shape index (κ3) is 6.25. The average Bonchev–Trinajstić information content (AvgIpc) is 2.56. The lowest BCUT2D eigenvalue weighted by Crippen LogP contribution is -2.30. The van der Waals surface area contributed by atoms with E-state index in [9.17, 15) is 9.59 Å². The number of carbonyl (C=O) groups excluding carboxylic acids is 2. The monoisotopic (exact) mass is 357 g/mol. The Kier molecular flexibility index (Phi) is 7.03. The minimum atomic E-state index is -0.174.